The summed E-state index contributed by atoms with van der Waals surface area (Å²) in [5.74, 6) is 0. The molecule has 0 radical (unpaired) electrons. The number of rotatable bonds is 4. The molecule has 238 valence electrons. The maximum atomic E-state index is 6.57. The van der Waals surface area contributed by atoms with E-state index in [1.54, 1.807) is 0 Å². The van der Waals surface area contributed by atoms with Gasteiger partial charge in [-0.25, -0.2) is 0 Å². The fraction of sp³-hybridized carbons (Fsp3) is 0. The fourth-order valence-electron chi connectivity index (χ4n) is 8.23. The van der Waals surface area contributed by atoms with E-state index in [1.807, 2.05) is 0 Å². The number of hydrogen-bond donors (Lipinski definition) is 0. The quantitative estimate of drug-likeness (QED) is 0.186. The molecule has 0 atom stereocenters. The van der Waals surface area contributed by atoms with Gasteiger partial charge >= 0.3 is 0 Å². The predicted molar refractivity (Wildman–Crippen MR) is 213 cm³/mol. The summed E-state index contributed by atoms with van der Waals surface area (Å²) in [7, 11) is 0. The molecule has 3 heterocycles. The van der Waals surface area contributed by atoms with Gasteiger partial charge in [0.2, 0.25) is 0 Å². The maximum absolute atomic E-state index is 6.57. The summed E-state index contributed by atoms with van der Waals surface area (Å²) in [6.45, 7) is 0. The topological polar surface area (TPSA) is 23.0 Å². The predicted octanol–water partition coefficient (Wildman–Crippen LogP) is 13.1. The Morgan fingerprint density at radius 2 is 0.863 bits per heavy atom. The minimum Gasteiger partial charge on any atom is -0.456 e. The van der Waals surface area contributed by atoms with Crippen molar-refractivity contribution in [3.05, 3.63) is 182 Å². The van der Waals surface area contributed by atoms with Crippen LogP contribution in [0.3, 0.4) is 0 Å². The van der Waals surface area contributed by atoms with E-state index in [0.717, 1.165) is 33.3 Å². The fourth-order valence-corrected chi connectivity index (χ4v) is 8.23. The third-order valence-corrected chi connectivity index (χ3v) is 10.5. The summed E-state index contributed by atoms with van der Waals surface area (Å²) in [5, 5.41) is 7.15. The van der Waals surface area contributed by atoms with Crippen LogP contribution < -0.4 is 0 Å². The lowest BCUT2D eigenvalue weighted by molar-refractivity contribution is 0.669. The second kappa shape index (κ2) is 10.8. The molecule has 0 saturated carbocycles. The molecule has 0 bridgehead atoms. The standard InChI is InChI=1S/C48H30N2O/c1-3-12-31(13-4-1)33-22-25-43-38(28-33)39-29-34(32-14-5-2-6-15-32)23-26-44(39)49(43)35-24-27-46-40(30-35)48-45(20-11-21-47(48)51-46)50-41-18-9-7-16-36(41)37-17-8-10-19-42(37)50/h1-30H. The normalized spacial score (nSPS) is 11.9. The average Bonchev–Trinajstić information content (AvgIpc) is 3.85. The highest BCUT2D eigenvalue weighted by atomic mass is 16.3. The van der Waals surface area contributed by atoms with E-state index in [1.165, 1.54) is 65.9 Å². The SMILES string of the molecule is c1ccc(-c2ccc3c(c2)c2cc(-c4ccccc4)ccc2n3-c2ccc3oc4cccc(-n5c6ccccc6c6ccccc65)c4c3c2)cc1. The first kappa shape index (κ1) is 28.0. The van der Waals surface area contributed by atoms with E-state index in [-0.39, 0.29) is 0 Å². The summed E-state index contributed by atoms with van der Waals surface area (Å²) in [5.41, 5.74) is 13.5. The molecule has 0 aliphatic carbocycles. The largest absolute Gasteiger partial charge is 0.456 e. The van der Waals surface area contributed by atoms with E-state index >= 15 is 0 Å². The van der Waals surface area contributed by atoms with Gasteiger partial charge in [0.1, 0.15) is 11.2 Å². The maximum Gasteiger partial charge on any atom is 0.137 e. The van der Waals surface area contributed by atoms with Crippen molar-refractivity contribution in [1.29, 1.82) is 0 Å². The molecule has 0 saturated heterocycles. The van der Waals surface area contributed by atoms with Crippen LogP contribution in [0.15, 0.2) is 186 Å². The van der Waals surface area contributed by atoms with Gasteiger partial charge < -0.3 is 13.6 Å². The Hall–Kier alpha value is -6.84. The molecule has 11 rings (SSSR count). The third kappa shape index (κ3) is 4.19. The zero-order valence-corrected chi connectivity index (χ0v) is 27.6. The van der Waals surface area contributed by atoms with Crippen LogP contribution >= 0.6 is 0 Å². The molecular formula is C48H30N2O. The molecule has 11 aromatic rings. The highest BCUT2D eigenvalue weighted by Crippen LogP contribution is 2.41. The van der Waals surface area contributed by atoms with Crippen LogP contribution in [0, 0.1) is 0 Å². The highest BCUT2D eigenvalue weighted by Gasteiger charge is 2.20. The van der Waals surface area contributed by atoms with E-state index in [4.69, 9.17) is 4.42 Å². The van der Waals surface area contributed by atoms with E-state index in [0.29, 0.717) is 0 Å². The molecule has 0 aliphatic rings. The Morgan fingerprint density at radius 3 is 1.47 bits per heavy atom. The highest BCUT2D eigenvalue weighted by molar-refractivity contribution is 6.16. The molecule has 0 unspecified atom stereocenters. The second-order valence-corrected chi connectivity index (χ2v) is 13.3. The van der Waals surface area contributed by atoms with E-state index in [9.17, 15) is 0 Å². The van der Waals surface area contributed by atoms with Gasteiger partial charge in [-0.3, -0.25) is 0 Å². The molecule has 51 heavy (non-hydrogen) atoms. The lowest BCUT2D eigenvalue weighted by atomic mass is 10.0. The monoisotopic (exact) mass is 650 g/mol. The molecule has 3 heteroatoms. The van der Waals surface area contributed by atoms with Crippen LogP contribution in [0.2, 0.25) is 0 Å². The van der Waals surface area contributed by atoms with Crippen molar-refractivity contribution >= 4 is 65.6 Å². The third-order valence-electron chi connectivity index (χ3n) is 10.5. The van der Waals surface area contributed by atoms with Gasteiger partial charge in [0.15, 0.2) is 0 Å². The number of benzene rings is 8. The molecule has 0 spiro atoms. The van der Waals surface area contributed by atoms with Crippen molar-refractivity contribution < 1.29 is 4.42 Å². The Labute approximate surface area is 293 Å². The van der Waals surface area contributed by atoms with Gasteiger partial charge in [-0.05, 0) is 89.0 Å². The second-order valence-electron chi connectivity index (χ2n) is 13.3. The molecule has 8 aromatic carbocycles. The number of furan rings is 1. The van der Waals surface area contributed by atoms with Gasteiger partial charge in [0, 0.05) is 32.6 Å². The summed E-state index contributed by atoms with van der Waals surface area (Å²) >= 11 is 0. The van der Waals surface area contributed by atoms with Crippen LogP contribution in [0.4, 0.5) is 0 Å². The number of nitrogens with zero attached hydrogens (tertiary/aromatic N) is 2. The van der Waals surface area contributed by atoms with Crippen LogP contribution in [-0.2, 0) is 0 Å². The lowest BCUT2D eigenvalue weighted by Gasteiger charge is -2.11. The van der Waals surface area contributed by atoms with Crippen LogP contribution in [0.1, 0.15) is 0 Å². The summed E-state index contributed by atoms with van der Waals surface area (Å²) in [6, 6.07) is 65.5. The van der Waals surface area contributed by atoms with Gasteiger partial charge in [-0.15, -0.1) is 0 Å². The van der Waals surface area contributed by atoms with Crippen LogP contribution in [0.25, 0.3) is 99.2 Å². The molecule has 0 aliphatic heterocycles. The van der Waals surface area contributed by atoms with Gasteiger partial charge in [-0.1, -0.05) is 115 Å². The van der Waals surface area contributed by atoms with Crippen molar-refractivity contribution in [2.45, 2.75) is 0 Å². The van der Waals surface area contributed by atoms with Crippen molar-refractivity contribution in [2.24, 2.45) is 0 Å². The minimum atomic E-state index is 0.875. The first-order valence-corrected chi connectivity index (χ1v) is 17.4. The number of para-hydroxylation sites is 2. The van der Waals surface area contributed by atoms with Gasteiger partial charge in [0.25, 0.3) is 0 Å². The Balaban J connectivity index is 1.19. The van der Waals surface area contributed by atoms with Crippen LogP contribution in [-0.4, -0.2) is 9.13 Å². The van der Waals surface area contributed by atoms with Gasteiger partial charge in [-0.2, -0.15) is 0 Å². The Kier molecular flexibility index (Phi) is 5.96. The first-order chi connectivity index (χ1) is 25.3. The van der Waals surface area contributed by atoms with Crippen molar-refractivity contribution in [2.75, 3.05) is 0 Å². The molecule has 3 aromatic heterocycles. The Morgan fingerprint density at radius 1 is 0.314 bits per heavy atom. The van der Waals surface area contributed by atoms with Crippen molar-refractivity contribution in [1.82, 2.24) is 9.13 Å². The minimum absolute atomic E-state index is 0.875. The Bertz CT molecular complexity index is 2980. The molecule has 0 fully saturated rings. The summed E-state index contributed by atoms with van der Waals surface area (Å²) in [6.07, 6.45) is 0. The smallest absolute Gasteiger partial charge is 0.137 e. The summed E-state index contributed by atoms with van der Waals surface area (Å²) in [4.78, 5) is 0. The molecular weight excluding hydrogens is 621 g/mol. The zero-order valence-electron chi connectivity index (χ0n) is 27.6. The van der Waals surface area contributed by atoms with Crippen molar-refractivity contribution in [3.8, 4) is 33.6 Å². The molecule has 3 nitrogen and oxygen atoms in total. The first-order valence-electron chi connectivity index (χ1n) is 17.4. The summed E-state index contributed by atoms with van der Waals surface area (Å²) < 4.78 is 11.4. The average molecular weight is 651 g/mol. The molecule has 0 N–H and O–H groups in total. The lowest BCUT2D eigenvalue weighted by Crippen LogP contribution is -1.95. The number of fused-ring (bicyclic) bond motifs is 9. The van der Waals surface area contributed by atoms with Gasteiger partial charge in [0.05, 0.1) is 33.1 Å². The zero-order chi connectivity index (χ0) is 33.5. The molecule has 0 amide bonds. The number of hydrogen-bond acceptors (Lipinski definition) is 1. The van der Waals surface area contributed by atoms with Crippen molar-refractivity contribution in [3.63, 3.8) is 0 Å². The van der Waals surface area contributed by atoms with E-state index in [2.05, 4.69) is 191 Å². The van der Waals surface area contributed by atoms with E-state index < -0.39 is 0 Å². The number of aromatic nitrogens is 2. The van der Waals surface area contributed by atoms with Crippen LogP contribution in [0.5, 0.6) is 0 Å².